The maximum atomic E-state index is 6.18. The summed E-state index contributed by atoms with van der Waals surface area (Å²) in [6, 6.07) is 5.97. The van der Waals surface area contributed by atoms with Crippen molar-refractivity contribution in [1.29, 1.82) is 0 Å². The third-order valence-electron chi connectivity index (χ3n) is 2.39. The Hall–Kier alpha value is -0.240. The van der Waals surface area contributed by atoms with Gasteiger partial charge < -0.3 is 5.32 Å². The zero-order valence-electron chi connectivity index (χ0n) is 9.35. The van der Waals surface area contributed by atoms with Gasteiger partial charge in [-0.1, -0.05) is 50.0 Å². The van der Waals surface area contributed by atoms with Gasteiger partial charge in [-0.05, 0) is 30.2 Å². The summed E-state index contributed by atoms with van der Waals surface area (Å²) in [6.45, 7) is 7.39. The predicted molar refractivity (Wildman–Crippen MR) is 67.7 cm³/mol. The Morgan fingerprint density at radius 3 is 2.40 bits per heavy atom. The molecule has 0 aliphatic heterocycles. The molecule has 1 N–H and O–H groups in total. The van der Waals surface area contributed by atoms with Gasteiger partial charge in [0.2, 0.25) is 0 Å². The molecule has 0 aromatic heterocycles. The quantitative estimate of drug-likeness (QED) is 0.835. The molecule has 15 heavy (non-hydrogen) atoms. The van der Waals surface area contributed by atoms with Crippen LogP contribution in [0.1, 0.15) is 32.4 Å². The fourth-order valence-electron chi connectivity index (χ4n) is 1.68. The SMILES string of the molecule is CCNC(c1ccc(Cl)cc1Cl)C(C)C. The summed E-state index contributed by atoms with van der Waals surface area (Å²) in [7, 11) is 0. The van der Waals surface area contributed by atoms with E-state index in [4.69, 9.17) is 23.2 Å². The van der Waals surface area contributed by atoms with Crippen molar-refractivity contribution >= 4 is 23.2 Å². The van der Waals surface area contributed by atoms with Gasteiger partial charge in [0.15, 0.2) is 0 Å². The topological polar surface area (TPSA) is 12.0 Å². The molecule has 1 atom stereocenters. The van der Waals surface area contributed by atoms with E-state index in [0.717, 1.165) is 17.1 Å². The van der Waals surface area contributed by atoms with E-state index in [1.165, 1.54) is 0 Å². The Bertz CT molecular complexity index is 323. The molecule has 0 saturated heterocycles. The first-order valence-electron chi connectivity index (χ1n) is 5.24. The molecule has 1 nitrogen and oxygen atoms in total. The van der Waals surface area contributed by atoms with Gasteiger partial charge in [-0.3, -0.25) is 0 Å². The van der Waals surface area contributed by atoms with Crippen LogP contribution in [-0.4, -0.2) is 6.54 Å². The Balaban J connectivity index is 3.00. The Kier molecular flexibility index (Phi) is 4.91. The van der Waals surface area contributed by atoms with Gasteiger partial charge in [0.05, 0.1) is 0 Å². The molecule has 1 aromatic carbocycles. The minimum absolute atomic E-state index is 0.291. The first kappa shape index (κ1) is 12.8. The summed E-state index contributed by atoms with van der Waals surface area (Å²) >= 11 is 12.1. The predicted octanol–water partition coefficient (Wildman–Crippen LogP) is 4.30. The van der Waals surface area contributed by atoms with Gasteiger partial charge in [0, 0.05) is 16.1 Å². The van der Waals surface area contributed by atoms with E-state index >= 15 is 0 Å². The van der Waals surface area contributed by atoms with Gasteiger partial charge in [-0.2, -0.15) is 0 Å². The van der Waals surface area contributed by atoms with Crippen LogP contribution in [-0.2, 0) is 0 Å². The Labute approximate surface area is 102 Å². The molecule has 0 saturated carbocycles. The van der Waals surface area contributed by atoms with Crippen molar-refractivity contribution in [3.05, 3.63) is 33.8 Å². The van der Waals surface area contributed by atoms with E-state index in [2.05, 4.69) is 26.1 Å². The van der Waals surface area contributed by atoms with Crippen molar-refractivity contribution in [2.75, 3.05) is 6.54 Å². The molecule has 0 aliphatic carbocycles. The highest BCUT2D eigenvalue weighted by Gasteiger charge is 2.17. The van der Waals surface area contributed by atoms with Crippen LogP contribution in [0.15, 0.2) is 18.2 Å². The number of benzene rings is 1. The Morgan fingerprint density at radius 2 is 1.93 bits per heavy atom. The summed E-state index contributed by atoms with van der Waals surface area (Å²) in [5, 5.41) is 4.85. The number of nitrogens with one attached hydrogen (secondary N) is 1. The van der Waals surface area contributed by atoms with Gasteiger partial charge in [0.1, 0.15) is 0 Å². The molecule has 0 radical (unpaired) electrons. The molecule has 0 bridgehead atoms. The van der Waals surface area contributed by atoms with Gasteiger partial charge in [0.25, 0.3) is 0 Å². The zero-order chi connectivity index (χ0) is 11.4. The standard InChI is InChI=1S/C12H17Cl2N/c1-4-15-12(8(2)3)10-6-5-9(13)7-11(10)14/h5-8,12,15H,4H2,1-3H3. The molecule has 3 heteroatoms. The largest absolute Gasteiger partial charge is 0.310 e. The molecule has 0 aliphatic rings. The third kappa shape index (κ3) is 3.37. The summed E-state index contributed by atoms with van der Waals surface area (Å²) in [6.07, 6.45) is 0. The zero-order valence-corrected chi connectivity index (χ0v) is 10.9. The average Bonchev–Trinajstić information content (AvgIpc) is 2.15. The highest BCUT2D eigenvalue weighted by atomic mass is 35.5. The molecule has 1 rings (SSSR count). The monoisotopic (exact) mass is 245 g/mol. The highest BCUT2D eigenvalue weighted by Crippen LogP contribution is 2.30. The first-order chi connectivity index (χ1) is 7.06. The third-order valence-corrected chi connectivity index (χ3v) is 2.95. The van der Waals surface area contributed by atoms with E-state index < -0.39 is 0 Å². The number of halogens is 2. The summed E-state index contributed by atoms with van der Waals surface area (Å²) < 4.78 is 0. The fraction of sp³-hybridized carbons (Fsp3) is 0.500. The minimum atomic E-state index is 0.291. The van der Waals surface area contributed by atoms with Crippen LogP contribution >= 0.6 is 23.2 Å². The average molecular weight is 246 g/mol. The molecular formula is C12H17Cl2N. The van der Waals surface area contributed by atoms with Crippen LogP contribution in [0.3, 0.4) is 0 Å². The molecule has 0 amide bonds. The van der Waals surface area contributed by atoms with Crippen molar-refractivity contribution in [1.82, 2.24) is 5.32 Å². The highest BCUT2D eigenvalue weighted by molar-refractivity contribution is 6.35. The number of hydrogen-bond donors (Lipinski definition) is 1. The lowest BCUT2D eigenvalue weighted by molar-refractivity contribution is 0.422. The van der Waals surface area contributed by atoms with Crippen molar-refractivity contribution in [3.63, 3.8) is 0 Å². The van der Waals surface area contributed by atoms with E-state index in [1.54, 1.807) is 6.07 Å². The molecule has 0 heterocycles. The summed E-state index contributed by atoms with van der Waals surface area (Å²) in [5.41, 5.74) is 1.12. The van der Waals surface area contributed by atoms with E-state index in [1.807, 2.05) is 12.1 Å². The maximum absolute atomic E-state index is 6.18. The molecule has 1 unspecified atom stereocenters. The Morgan fingerprint density at radius 1 is 1.27 bits per heavy atom. The smallest absolute Gasteiger partial charge is 0.0468 e. The van der Waals surface area contributed by atoms with E-state index in [9.17, 15) is 0 Å². The lowest BCUT2D eigenvalue weighted by Gasteiger charge is -2.23. The van der Waals surface area contributed by atoms with Crippen LogP contribution < -0.4 is 5.32 Å². The molecule has 0 spiro atoms. The molecule has 0 fully saturated rings. The molecular weight excluding hydrogens is 229 g/mol. The van der Waals surface area contributed by atoms with E-state index in [0.29, 0.717) is 17.0 Å². The lowest BCUT2D eigenvalue weighted by Crippen LogP contribution is -2.25. The summed E-state index contributed by atoms with van der Waals surface area (Å²) in [4.78, 5) is 0. The van der Waals surface area contributed by atoms with Crippen LogP contribution in [0, 0.1) is 5.92 Å². The van der Waals surface area contributed by atoms with Crippen molar-refractivity contribution < 1.29 is 0 Å². The second kappa shape index (κ2) is 5.74. The van der Waals surface area contributed by atoms with Gasteiger partial charge >= 0.3 is 0 Å². The van der Waals surface area contributed by atoms with Crippen LogP contribution in [0.25, 0.3) is 0 Å². The van der Waals surface area contributed by atoms with Crippen molar-refractivity contribution in [2.45, 2.75) is 26.8 Å². The normalized spacial score (nSPS) is 13.2. The van der Waals surface area contributed by atoms with E-state index in [-0.39, 0.29) is 0 Å². The van der Waals surface area contributed by atoms with Crippen molar-refractivity contribution in [2.24, 2.45) is 5.92 Å². The van der Waals surface area contributed by atoms with Crippen LogP contribution in [0.2, 0.25) is 10.0 Å². The van der Waals surface area contributed by atoms with Crippen LogP contribution in [0.4, 0.5) is 0 Å². The van der Waals surface area contributed by atoms with Gasteiger partial charge in [-0.25, -0.2) is 0 Å². The maximum Gasteiger partial charge on any atom is 0.0468 e. The van der Waals surface area contributed by atoms with Gasteiger partial charge in [-0.15, -0.1) is 0 Å². The summed E-state index contributed by atoms with van der Waals surface area (Å²) in [5.74, 6) is 0.503. The number of hydrogen-bond acceptors (Lipinski definition) is 1. The minimum Gasteiger partial charge on any atom is -0.310 e. The second-order valence-electron chi connectivity index (χ2n) is 3.95. The lowest BCUT2D eigenvalue weighted by atomic mass is 9.96. The van der Waals surface area contributed by atoms with Crippen molar-refractivity contribution in [3.8, 4) is 0 Å². The number of rotatable bonds is 4. The molecule has 84 valence electrons. The van der Waals surface area contributed by atoms with Crippen LogP contribution in [0.5, 0.6) is 0 Å². The molecule has 1 aromatic rings. The second-order valence-corrected chi connectivity index (χ2v) is 4.79. The fourth-order valence-corrected chi connectivity index (χ4v) is 2.20. The first-order valence-corrected chi connectivity index (χ1v) is 6.00.